The second kappa shape index (κ2) is 2.66. The number of carbonyl (C=O) groups is 2. The Labute approximate surface area is 57.4 Å². The molecule has 0 aromatic carbocycles. The molecule has 1 fully saturated rings. The van der Waals surface area contributed by atoms with Crippen LogP contribution in [0.3, 0.4) is 0 Å². The minimum absolute atomic E-state index is 0.145. The summed E-state index contributed by atoms with van der Waals surface area (Å²) >= 11 is 0. The Morgan fingerprint density at radius 2 is 2.50 bits per heavy atom. The number of hydroxylamine groups is 1. The van der Waals surface area contributed by atoms with Crippen LogP contribution in [0.4, 0.5) is 0 Å². The van der Waals surface area contributed by atoms with Gasteiger partial charge in [0.15, 0.2) is 0 Å². The maximum absolute atomic E-state index is 10.6. The number of hydrogen-bond acceptors (Lipinski definition) is 3. The van der Waals surface area contributed by atoms with Crippen LogP contribution >= 0.6 is 0 Å². The number of carbonyl (C=O) groups excluding carboxylic acids is 2. The van der Waals surface area contributed by atoms with Gasteiger partial charge in [0.25, 0.3) is 5.91 Å². The summed E-state index contributed by atoms with van der Waals surface area (Å²) in [5.74, 6) is -0.695. The summed E-state index contributed by atoms with van der Waals surface area (Å²) in [4.78, 5) is 21.1. The number of hydrogen-bond donors (Lipinski definition) is 3. The highest BCUT2D eigenvalue weighted by molar-refractivity contribution is 5.90. The Bertz CT molecular complexity index is 168. The Hall–Kier alpha value is -1.10. The van der Waals surface area contributed by atoms with E-state index in [4.69, 9.17) is 5.21 Å². The van der Waals surface area contributed by atoms with Crippen LogP contribution in [0.2, 0.25) is 0 Å². The molecule has 1 aliphatic rings. The molecule has 10 heavy (non-hydrogen) atoms. The van der Waals surface area contributed by atoms with Gasteiger partial charge in [-0.05, 0) is 6.42 Å². The Kier molecular flexibility index (Phi) is 1.86. The van der Waals surface area contributed by atoms with Crippen molar-refractivity contribution in [3.8, 4) is 0 Å². The van der Waals surface area contributed by atoms with Gasteiger partial charge in [-0.2, -0.15) is 0 Å². The first-order chi connectivity index (χ1) is 4.74. The minimum Gasteiger partial charge on any atom is -0.344 e. The zero-order valence-corrected chi connectivity index (χ0v) is 5.26. The summed E-state index contributed by atoms with van der Waals surface area (Å²) in [6, 6.07) is -0.544. The van der Waals surface area contributed by atoms with Crippen LogP contribution < -0.4 is 10.8 Å². The van der Waals surface area contributed by atoms with Crippen molar-refractivity contribution in [1.29, 1.82) is 0 Å². The fraction of sp³-hybridized carbons (Fsp3) is 0.600. The molecule has 0 aromatic heterocycles. The molecule has 5 heteroatoms. The fourth-order valence-corrected chi connectivity index (χ4v) is 0.889. The molecule has 1 saturated heterocycles. The van der Waals surface area contributed by atoms with Crippen molar-refractivity contribution in [2.45, 2.75) is 18.9 Å². The molecular formula is C5H8N2O3. The predicted molar refractivity (Wildman–Crippen MR) is 31.1 cm³/mol. The number of nitrogens with one attached hydrogen (secondary N) is 2. The van der Waals surface area contributed by atoms with Crippen LogP contribution in [0, 0.1) is 0 Å². The van der Waals surface area contributed by atoms with E-state index in [-0.39, 0.29) is 5.91 Å². The van der Waals surface area contributed by atoms with Crippen LogP contribution in [0.1, 0.15) is 12.8 Å². The molecule has 0 bridgehead atoms. The zero-order chi connectivity index (χ0) is 7.56. The monoisotopic (exact) mass is 144 g/mol. The van der Waals surface area contributed by atoms with Crippen LogP contribution in [0.15, 0.2) is 0 Å². The average molecular weight is 144 g/mol. The highest BCUT2D eigenvalue weighted by Crippen LogP contribution is 2.05. The molecule has 0 spiro atoms. The third-order valence-corrected chi connectivity index (χ3v) is 1.42. The molecule has 0 aliphatic carbocycles. The van der Waals surface area contributed by atoms with Gasteiger partial charge in [-0.15, -0.1) is 0 Å². The molecular weight excluding hydrogens is 136 g/mol. The van der Waals surface area contributed by atoms with E-state index in [1.807, 2.05) is 0 Å². The molecule has 56 valence electrons. The van der Waals surface area contributed by atoms with Crippen molar-refractivity contribution < 1.29 is 14.8 Å². The molecule has 1 heterocycles. The molecule has 1 rings (SSSR count). The first-order valence-electron chi connectivity index (χ1n) is 2.97. The summed E-state index contributed by atoms with van der Waals surface area (Å²) in [5, 5.41) is 10.5. The van der Waals surface area contributed by atoms with E-state index < -0.39 is 11.9 Å². The van der Waals surface area contributed by atoms with Gasteiger partial charge in [0, 0.05) is 6.42 Å². The Morgan fingerprint density at radius 3 is 2.90 bits per heavy atom. The standard InChI is InChI=1S/C5H8N2O3/c8-4-2-1-3(6-4)5(9)7-10/h3,10H,1-2H2,(H,6,8)(H,7,9)/t3-/m0/s1. The van der Waals surface area contributed by atoms with E-state index in [9.17, 15) is 9.59 Å². The van der Waals surface area contributed by atoms with E-state index in [2.05, 4.69) is 5.32 Å². The predicted octanol–water partition coefficient (Wildman–Crippen LogP) is -1.23. The molecule has 5 nitrogen and oxygen atoms in total. The smallest absolute Gasteiger partial charge is 0.265 e. The summed E-state index contributed by atoms with van der Waals surface area (Å²) in [5.41, 5.74) is 1.47. The van der Waals surface area contributed by atoms with Gasteiger partial charge < -0.3 is 5.32 Å². The quantitative estimate of drug-likeness (QED) is 0.318. The van der Waals surface area contributed by atoms with Crippen LogP contribution in [0.25, 0.3) is 0 Å². The molecule has 0 unspecified atom stereocenters. The average Bonchev–Trinajstić information content (AvgIpc) is 2.34. The van der Waals surface area contributed by atoms with Crippen LogP contribution in [0.5, 0.6) is 0 Å². The van der Waals surface area contributed by atoms with Gasteiger partial charge in [0.1, 0.15) is 6.04 Å². The molecule has 0 radical (unpaired) electrons. The summed E-state index contributed by atoms with van der Waals surface area (Å²) < 4.78 is 0. The molecule has 2 amide bonds. The van der Waals surface area contributed by atoms with Crippen molar-refractivity contribution in [2.75, 3.05) is 0 Å². The minimum atomic E-state index is -0.550. The van der Waals surface area contributed by atoms with Crippen molar-refractivity contribution >= 4 is 11.8 Å². The maximum Gasteiger partial charge on any atom is 0.265 e. The lowest BCUT2D eigenvalue weighted by Gasteiger charge is -2.04. The van der Waals surface area contributed by atoms with Crippen molar-refractivity contribution in [3.05, 3.63) is 0 Å². The van der Waals surface area contributed by atoms with Crippen LogP contribution in [-0.4, -0.2) is 23.1 Å². The van der Waals surface area contributed by atoms with Crippen molar-refractivity contribution in [1.82, 2.24) is 10.8 Å². The summed E-state index contributed by atoms with van der Waals surface area (Å²) in [6.07, 6.45) is 0.823. The van der Waals surface area contributed by atoms with Gasteiger partial charge in [-0.3, -0.25) is 14.8 Å². The summed E-state index contributed by atoms with van der Waals surface area (Å²) in [6.45, 7) is 0. The lowest BCUT2D eigenvalue weighted by atomic mass is 10.2. The van der Waals surface area contributed by atoms with Gasteiger partial charge in [-0.25, -0.2) is 5.48 Å². The first-order valence-corrected chi connectivity index (χ1v) is 2.97. The number of amides is 2. The van der Waals surface area contributed by atoms with Gasteiger partial charge in [0.2, 0.25) is 5.91 Å². The highest BCUT2D eigenvalue weighted by atomic mass is 16.5. The second-order valence-corrected chi connectivity index (χ2v) is 2.13. The number of rotatable bonds is 1. The van der Waals surface area contributed by atoms with Gasteiger partial charge in [-0.1, -0.05) is 0 Å². The summed E-state index contributed by atoms with van der Waals surface area (Å²) in [7, 11) is 0. The molecule has 0 aromatic rings. The van der Waals surface area contributed by atoms with Crippen molar-refractivity contribution in [3.63, 3.8) is 0 Å². The third-order valence-electron chi connectivity index (χ3n) is 1.42. The van der Waals surface area contributed by atoms with E-state index in [1.54, 1.807) is 0 Å². The molecule has 1 aliphatic heterocycles. The maximum atomic E-state index is 10.6. The molecule has 3 N–H and O–H groups in total. The lowest BCUT2D eigenvalue weighted by Crippen LogP contribution is -2.40. The Morgan fingerprint density at radius 1 is 1.80 bits per heavy atom. The fourth-order valence-electron chi connectivity index (χ4n) is 0.889. The van der Waals surface area contributed by atoms with E-state index in [0.29, 0.717) is 12.8 Å². The van der Waals surface area contributed by atoms with Gasteiger partial charge >= 0.3 is 0 Å². The van der Waals surface area contributed by atoms with Crippen molar-refractivity contribution in [2.24, 2.45) is 0 Å². The largest absolute Gasteiger partial charge is 0.344 e. The third kappa shape index (κ3) is 1.24. The topological polar surface area (TPSA) is 78.4 Å². The normalized spacial score (nSPS) is 24.1. The molecule has 0 saturated carbocycles. The van der Waals surface area contributed by atoms with Gasteiger partial charge in [0.05, 0.1) is 0 Å². The van der Waals surface area contributed by atoms with Crippen LogP contribution in [-0.2, 0) is 9.59 Å². The van der Waals surface area contributed by atoms with E-state index in [0.717, 1.165) is 0 Å². The SMILES string of the molecule is O=C1CC[C@@H](C(=O)NO)N1. The van der Waals surface area contributed by atoms with E-state index in [1.165, 1.54) is 5.48 Å². The lowest BCUT2D eigenvalue weighted by molar-refractivity contribution is -0.132. The second-order valence-electron chi connectivity index (χ2n) is 2.13. The first kappa shape index (κ1) is 7.01. The Balaban J connectivity index is 2.44. The van der Waals surface area contributed by atoms with E-state index >= 15 is 0 Å². The highest BCUT2D eigenvalue weighted by Gasteiger charge is 2.26. The molecule has 1 atom stereocenters. The zero-order valence-electron chi connectivity index (χ0n) is 5.26.